The molecule has 1 fully saturated rings. The van der Waals surface area contributed by atoms with E-state index in [0.29, 0.717) is 5.82 Å². The molecule has 0 saturated carbocycles. The van der Waals surface area contributed by atoms with E-state index in [1.807, 2.05) is 6.07 Å². The van der Waals surface area contributed by atoms with Crippen LogP contribution in [0.5, 0.6) is 0 Å². The van der Waals surface area contributed by atoms with Crippen molar-refractivity contribution in [1.82, 2.24) is 9.97 Å². The fraction of sp³-hybridized carbons (Fsp3) is 0.667. The predicted molar refractivity (Wildman–Crippen MR) is 63.1 cm³/mol. The van der Waals surface area contributed by atoms with Gasteiger partial charge < -0.3 is 10.5 Å². The summed E-state index contributed by atoms with van der Waals surface area (Å²) in [5, 5.41) is 0. The lowest BCUT2D eigenvalue weighted by Gasteiger charge is -2.09. The van der Waals surface area contributed by atoms with Gasteiger partial charge in [0.25, 0.3) is 0 Å². The fourth-order valence-electron chi connectivity index (χ4n) is 2.06. The molecular weight excluding hydrogens is 202 g/mol. The van der Waals surface area contributed by atoms with Gasteiger partial charge in [0.1, 0.15) is 11.6 Å². The number of nitrogens with zero attached hydrogens (tertiary/aromatic N) is 2. The maximum atomic E-state index is 5.77. The molecule has 2 rings (SSSR count). The van der Waals surface area contributed by atoms with Crippen molar-refractivity contribution in [3.63, 3.8) is 0 Å². The summed E-state index contributed by atoms with van der Waals surface area (Å²) in [4.78, 5) is 8.78. The quantitative estimate of drug-likeness (QED) is 0.841. The zero-order valence-electron chi connectivity index (χ0n) is 9.78. The molecule has 1 aliphatic heterocycles. The molecule has 1 aromatic heterocycles. The Balaban J connectivity index is 2.06. The highest BCUT2D eigenvalue weighted by Crippen LogP contribution is 2.16. The Hall–Kier alpha value is -1.16. The third-order valence-electron chi connectivity index (χ3n) is 2.79. The zero-order valence-corrected chi connectivity index (χ0v) is 9.78. The molecule has 0 aliphatic carbocycles. The largest absolute Gasteiger partial charge is 0.384 e. The van der Waals surface area contributed by atoms with Gasteiger partial charge >= 0.3 is 0 Å². The van der Waals surface area contributed by atoms with Gasteiger partial charge in [-0.3, -0.25) is 0 Å². The molecule has 4 heteroatoms. The molecule has 0 bridgehead atoms. The Kier molecular flexibility index (Phi) is 3.72. The van der Waals surface area contributed by atoms with Crippen LogP contribution in [0.2, 0.25) is 0 Å². The topological polar surface area (TPSA) is 61.0 Å². The van der Waals surface area contributed by atoms with Crippen LogP contribution >= 0.6 is 0 Å². The molecule has 4 nitrogen and oxygen atoms in total. The van der Waals surface area contributed by atoms with Crippen LogP contribution in [-0.4, -0.2) is 22.7 Å². The summed E-state index contributed by atoms with van der Waals surface area (Å²) in [6.07, 6.45) is 5.38. The first-order valence-corrected chi connectivity index (χ1v) is 6.02. The fourth-order valence-corrected chi connectivity index (χ4v) is 2.06. The summed E-state index contributed by atoms with van der Waals surface area (Å²) < 4.78 is 5.58. The summed E-state index contributed by atoms with van der Waals surface area (Å²) in [6, 6.07) is 1.86. The molecule has 2 N–H and O–H groups in total. The average molecular weight is 221 g/mol. The van der Waals surface area contributed by atoms with Gasteiger partial charge in [-0.15, -0.1) is 0 Å². The van der Waals surface area contributed by atoms with Gasteiger partial charge in [0.15, 0.2) is 0 Å². The first-order chi connectivity index (χ1) is 7.78. The highest BCUT2D eigenvalue weighted by molar-refractivity contribution is 5.30. The molecular formula is C12H19N3O. The second kappa shape index (κ2) is 5.25. The predicted octanol–water partition coefficient (Wildman–Crippen LogP) is 1.73. The second-order valence-corrected chi connectivity index (χ2v) is 4.29. The highest BCUT2D eigenvalue weighted by Gasteiger charge is 2.17. The molecule has 1 aliphatic rings. The molecule has 1 saturated heterocycles. The Morgan fingerprint density at radius 2 is 2.38 bits per heavy atom. The lowest BCUT2D eigenvalue weighted by molar-refractivity contribution is 0.110. The third-order valence-corrected chi connectivity index (χ3v) is 2.79. The van der Waals surface area contributed by atoms with E-state index in [2.05, 4.69) is 16.9 Å². The van der Waals surface area contributed by atoms with Crippen LogP contribution in [0, 0.1) is 0 Å². The number of nitrogens with two attached hydrogens (primary N) is 1. The van der Waals surface area contributed by atoms with Crippen LogP contribution in [-0.2, 0) is 17.6 Å². The van der Waals surface area contributed by atoms with E-state index in [9.17, 15) is 0 Å². The maximum absolute atomic E-state index is 5.77. The minimum atomic E-state index is 0.288. The van der Waals surface area contributed by atoms with Crippen molar-refractivity contribution in [3.05, 3.63) is 17.6 Å². The Bertz CT molecular complexity index is 348. The van der Waals surface area contributed by atoms with E-state index in [0.717, 1.165) is 50.2 Å². The summed E-state index contributed by atoms with van der Waals surface area (Å²) >= 11 is 0. The number of rotatable bonds is 4. The molecule has 16 heavy (non-hydrogen) atoms. The number of hydrogen-bond donors (Lipinski definition) is 1. The smallest absolute Gasteiger partial charge is 0.133 e. The maximum Gasteiger partial charge on any atom is 0.133 e. The van der Waals surface area contributed by atoms with E-state index in [-0.39, 0.29) is 6.10 Å². The first-order valence-electron chi connectivity index (χ1n) is 6.02. The summed E-state index contributed by atoms with van der Waals surface area (Å²) in [5.74, 6) is 1.40. The third kappa shape index (κ3) is 2.92. The molecule has 1 aromatic rings. The van der Waals surface area contributed by atoms with E-state index >= 15 is 0 Å². The normalized spacial score (nSPS) is 20.2. The van der Waals surface area contributed by atoms with Crippen molar-refractivity contribution >= 4 is 5.82 Å². The second-order valence-electron chi connectivity index (χ2n) is 4.29. The van der Waals surface area contributed by atoms with Gasteiger partial charge in [0.05, 0.1) is 6.10 Å². The van der Waals surface area contributed by atoms with Gasteiger partial charge in [-0.1, -0.05) is 13.3 Å². The first kappa shape index (κ1) is 11.3. The summed E-state index contributed by atoms with van der Waals surface area (Å²) in [6.45, 7) is 3.01. The SMILES string of the molecule is CCCc1cc(N)nc(CC2CCCO2)n1. The van der Waals surface area contributed by atoms with Gasteiger partial charge in [0.2, 0.25) is 0 Å². The number of anilines is 1. The van der Waals surface area contributed by atoms with Crippen LogP contribution in [0.4, 0.5) is 5.82 Å². The van der Waals surface area contributed by atoms with E-state index in [4.69, 9.17) is 10.5 Å². The van der Waals surface area contributed by atoms with Crippen molar-refractivity contribution in [3.8, 4) is 0 Å². The standard InChI is InChI=1S/C12H19N3O/c1-2-4-9-7-11(13)15-12(14-9)8-10-5-3-6-16-10/h7,10H,2-6,8H2,1H3,(H2,13,14,15). The van der Waals surface area contributed by atoms with Crippen LogP contribution in [0.25, 0.3) is 0 Å². The van der Waals surface area contributed by atoms with Crippen LogP contribution < -0.4 is 5.73 Å². The van der Waals surface area contributed by atoms with Crippen molar-refractivity contribution in [2.75, 3.05) is 12.3 Å². The molecule has 2 heterocycles. The molecule has 1 atom stereocenters. The van der Waals surface area contributed by atoms with E-state index in [1.165, 1.54) is 0 Å². The van der Waals surface area contributed by atoms with Crippen LogP contribution in [0.1, 0.15) is 37.7 Å². The monoisotopic (exact) mass is 221 g/mol. The minimum absolute atomic E-state index is 0.288. The van der Waals surface area contributed by atoms with E-state index < -0.39 is 0 Å². The van der Waals surface area contributed by atoms with Gasteiger partial charge in [-0.25, -0.2) is 9.97 Å². The van der Waals surface area contributed by atoms with Crippen molar-refractivity contribution in [2.45, 2.75) is 45.1 Å². The van der Waals surface area contributed by atoms with Crippen molar-refractivity contribution < 1.29 is 4.74 Å². The van der Waals surface area contributed by atoms with E-state index in [1.54, 1.807) is 0 Å². The van der Waals surface area contributed by atoms with Crippen molar-refractivity contribution in [2.24, 2.45) is 0 Å². The average Bonchev–Trinajstić information content (AvgIpc) is 2.70. The van der Waals surface area contributed by atoms with Crippen LogP contribution in [0.3, 0.4) is 0 Å². The number of aryl methyl sites for hydroxylation is 1. The lowest BCUT2D eigenvalue weighted by atomic mass is 10.1. The number of ether oxygens (including phenoxy) is 1. The molecule has 1 unspecified atom stereocenters. The number of nitrogen functional groups attached to an aromatic ring is 1. The highest BCUT2D eigenvalue weighted by atomic mass is 16.5. The minimum Gasteiger partial charge on any atom is -0.384 e. The molecule has 0 spiro atoms. The lowest BCUT2D eigenvalue weighted by Crippen LogP contribution is -2.13. The summed E-state index contributed by atoms with van der Waals surface area (Å²) in [7, 11) is 0. The number of hydrogen-bond acceptors (Lipinski definition) is 4. The zero-order chi connectivity index (χ0) is 11.4. The molecule has 0 amide bonds. The number of aromatic nitrogens is 2. The Morgan fingerprint density at radius 1 is 1.50 bits per heavy atom. The summed E-state index contributed by atoms with van der Waals surface area (Å²) in [5.41, 5.74) is 6.82. The molecule has 0 radical (unpaired) electrons. The molecule has 0 aromatic carbocycles. The molecule has 88 valence electrons. The van der Waals surface area contributed by atoms with Gasteiger partial charge in [-0.2, -0.15) is 0 Å². The Morgan fingerprint density at radius 3 is 3.06 bits per heavy atom. The van der Waals surface area contributed by atoms with Crippen molar-refractivity contribution in [1.29, 1.82) is 0 Å². The van der Waals surface area contributed by atoms with Gasteiger partial charge in [-0.05, 0) is 19.3 Å². The van der Waals surface area contributed by atoms with Gasteiger partial charge in [0, 0.05) is 24.8 Å². The van der Waals surface area contributed by atoms with Crippen LogP contribution in [0.15, 0.2) is 6.07 Å². The Labute approximate surface area is 96.2 Å².